The quantitative estimate of drug-likeness (QED) is 0.247. The Bertz CT molecular complexity index is 1560. The molecule has 3 aromatic rings. The first-order valence-corrected chi connectivity index (χ1v) is 17.7. The highest BCUT2D eigenvalue weighted by atomic mass is 16.2. The number of hydrogen-bond donors (Lipinski definition) is 3. The predicted molar refractivity (Wildman–Crippen MR) is 190 cm³/mol. The molecule has 2 atom stereocenters. The first kappa shape index (κ1) is 35.8. The minimum Gasteiger partial charge on any atom is -0.344 e. The van der Waals surface area contributed by atoms with Gasteiger partial charge in [0.1, 0.15) is 17.3 Å². The Hall–Kier alpha value is -4.51. The van der Waals surface area contributed by atoms with E-state index in [1.165, 1.54) is 10.2 Å². The van der Waals surface area contributed by atoms with Crippen molar-refractivity contribution in [1.29, 1.82) is 0 Å². The Morgan fingerprint density at radius 1 is 0.878 bits per heavy atom. The highest BCUT2D eigenvalue weighted by Crippen LogP contribution is 2.33. The lowest BCUT2D eigenvalue weighted by Gasteiger charge is -2.37. The number of benzene rings is 2. The lowest BCUT2D eigenvalue weighted by molar-refractivity contribution is -0.138. The van der Waals surface area contributed by atoms with E-state index in [4.69, 9.17) is 0 Å². The number of carbonyl (C=O) groups is 4. The molecule has 1 saturated carbocycles. The summed E-state index contributed by atoms with van der Waals surface area (Å²) in [4.78, 5) is 57.7. The number of hydrogen-bond acceptors (Lipinski definition) is 6. The molecular formula is C38H51N7O4. The summed E-state index contributed by atoms with van der Waals surface area (Å²) < 4.78 is 1.51. The Balaban J connectivity index is 1.24. The van der Waals surface area contributed by atoms with Crippen LogP contribution in [0.4, 0.5) is 5.69 Å². The van der Waals surface area contributed by atoms with Crippen molar-refractivity contribution in [2.45, 2.75) is 83.3 Å². The highest BCUT2D eigenvalue weighted by molar-refractivity contribution is 6.03. The molecule has 1 aromatic heterocycles. The smallest absolute Gasteiger partial charge is 0.270 e. The molecule has 1 saturated heterocycles. The van der Waals surface area contributed by atoms with Crippen LogP contribution in [0.2, 0.25) is 0 Å². The maximum absolute atomic E-state index is 14.0. The maximum Gasteiger partial charge on any atom is 0.270 e. The average molecular weight is 670 g/mol. The van der Waals surface area contributed by atoms with Gasteiger partial charge in [0, 0.05) is 64.5 Å². The van der Waals surface area contributed by atoms with Gasteiger partial charge in [-0.3, -0.25) is 28.8 Å². The summed E-state index contributed by atoms with van der Waals surface area (Å²) in [5.74, 6) is -0.865. The van der Waals surface area contributed by atoms with Gasteiger partial charge in [-0.2, -0.15) is 5.10 Å². The summed E-state index contributed by atoms with van der Waals surface area (Å²) in [6, 6.07) is 18.7. The van der Waals surface area contributed by atoms with E-state index in [0.29, 0.717) is 30.9 Å². The number of piperazine rings is 1. The average Bonchev–Trinajstić information content (AvgIpc) is 3.36. The molecule has 11 nitrogen and oxygen atoms in total. The lowest BCUT2D eigenvalue weighted by atomic mass is 9.79. The van der Waals surface area contributed by atoms with Crippen molar-refractivity contribution in [3.8, 4) is 0 Å². The highest BCUT2D eigenvalue weighted by Gasteiger charge is 2.43. The second-order valence-corrected chi connectivity index (χ2v) is 13.6. The molecule has 49 heavy (non-hydrogen) atoms. The number of nitrogens with zero attached hydrogens (tertiary/aromatic N) is 4. The summed E-state index contributed by atoms with van der Waals surface area (Å²) in [5.41, 5.74) is 1.98. The monoisotopic (exact) mass is 669 g/mol. The number of aromatic nitrogens is 2. The molecule has 262 valence electrons. The zero-order valence-electron chi connectivity index (χ0n) is 29.1. The number of carbonyl (C=O) groups excluding carboxylic acids is 4. The predicted octanol–water partition coefficient (Wildman–Crippen LogP) is 4.30. The fourth-order valence-corrected chi connectivity index (χ4v) is 7.00. The molecule has 5 rings (SSSR count). The molecule has 0 radical (unpaired) electrons. The summed E-state index contributed by atoms with van der Waals surface area (Å²) in [6.45, 7) is 7.20. The van der Waals surface area contributed by atoms with Crippen molar-refractivity contribution >= 4 is 29.3 Å². The zero-order chi connectivity index (χ0) is 34.8. The Morgan fingerprint density at radius 2 is 1.55 bits per heavy atom. The van der Waals surface area contributed by atoms with Crippen molar-refractivity contribution in [3.63, 3.8) is 0 Å². The fourth-order valence-electron chi connectivity index (χ4n) is 7.00. The van der Waals surface area contributed by atoms with E-state index in [2.05, 4.69) is 38.1 Å². The lowest BCUT2D eigenvalue weighted by Crippen LogP contribution is -2.59. The SMILES string of the molecule is CCC(=O)N[C@H](Cc1ccc(NC(=O)[C@](C)(NC(=O)c2ccnn2C)C2CCCCCC2)cc1)C(=O)N1CCN(Cc2ccccc2)CC1. The van der Waals surface area contributed by atoms with Crippen LogP contribution < -0.4 is 16.0 Å². The summed E-state index contributed by atoms with van der Waals surface area (Å²) in [5, 5.41) is 13.2. The Morgan fingerprint density at radius 3 is 2.16 bits per heavy atom. The van der Waals surface area contributed by atoms with Crippen LogP contribution in [0.3, 0.4) is 0 Å². The second kappa shape index (κ2) is 16.7. The van der Waals surface area contributed by atoms with Gasteiger partial charge in [-0.05, 0) is 55.0 Å². The second-order valence-electron chi connectivity index (χ2n) is 13.6. The van der Waals surface area contributed by atoms with Gasteiger partial charge in [0.05, 0.1) is 0 Å². The number of aryl methyl sites for hydroxylation is 1. The number of amides is 4. The topological polar surface area (TPSA) is 129 Å². The summed E-state index contributed by atoms with van der Waals surface area (Å²) >= 11 is 0. The third kappa shape index (κ3) is 9.35. The van der Waals surface area contributed by atoms with Crippen molar-refractivity contribution in [2.75, 3.05) is 31.5 Å². The fraction of sp³-hybridized carbons (Fsp3) is 0.500. The number of nitrogens with one attached hydrogen (secondary N) is 3. The van der Waals surface area contributed by atoms with E-state index in [1.54, 1.807) is 26.2 Å². The first-order chi connectivity index (χ1) is 23.7. The van der Waals surface area contributed by atoms with Gasteiger partial charge in [0.15, 0.2) is 0 Å². The molecule has 0 unspecified atom stereocenters. The van der Waals surface area contributed by atoms with Crippen molar-refractivity contribution in [3.05, 3.63) is 83.7 Å². The normalized spacial score (nSPS) is 17.7. The van der Waals surface area contributed by atoms with Gasteiger partial charge in [0.2, 0.25) is 17.7 Å². The molecular weight excluding hydrogens is 618 g/mol. The Kier molecular flexibility index (Phi) is 12.2. The van der Waals surface area contributed by atoms with Crippen molar-refractivity contribution in [1.82, 2.24) is 30.2 Å². The van der Waals surface area contributed by atoms with E-state index in [-0.39, 0.29) is 36.0 Å². The van der Waals surface area contributed by atoms with Crippen LogP contribution >= 0.6 is 0 Å². The van der Waals surface area contributed by atoms with Crippen LogP contribution in [-0.2, 0) is 34.4 Å². The van der Waals surface area contributed by atoms with E-state index in [0.717, 1.165) is 63.7 Å². The molecule has 0 bridgehead atoms. The van der Waals surface area contributed by atoms with Gasteiger partial charge in [0.25, 0.3) is 5.91 Å². The summed E-state index contributed by atoms with van der Waals surface area (Å²) in [6.07, 6.45) is 8.18. The maximum atomic E-state index is 14.0. The van der Waals surface area contributed by atoms with Gasteiger partial charge in [-0.15, -0.1) is 0 Å². The molecule has 1 aliphatic carbocycles. The van der Waals surface area contributed by atoms with Crippen LogP contribution in [-0.4, -0.2) is 81.0 Å². The van der Waals surface area contributed by atoms with Crippen molar-refractivity contribution < 1.29 is 19.2 Å². The van der Waals surface area contributed by atoms with Gasteiger partial charge in [-0.25, -0.2) is 0 Å². The molecule has 3 N–H and O–H groups in total. The number of anilines is 1. The zero-order valence-corrected chi connectivity index (χ0v) is 29.1. The van der Waals surface area contributed by atoms with Crippen LogP contribution in [0.5, 0.6) is 0 Å². The van der Waals surface area contributed by atoms with E-state index in [1.807, 2.05) is 54.3 Å². The molecule has 2 aliphatic rings. The summed E-state index contributed by atoms with van der Waals surface area (Å²) in [7, 11) is 1.71. The van der Waals surface area contributed by atoms with Gasteiger partial charge in [-0.1, -0.05) is 75.1 Å². The largest absolute Gasteiger partial charge is 0.344 e. The third-order valence-electron chi connectivity index (χ3n) is 10.1. The molecule has 2 fully saturated rings. The minimum atomic E-state index is -1.13. The van der Waals surface area contributed by atoms with E-state index >= 15 is 0 Å². The first-order valence-electron chi connectivity index (χ1n) is 17.7. The molecule has 2 heterocycles. The molecule has 0 spiro atoms. The van der Waals surface area contributed by atoms with E-state index < -0.39 is 11.6 Å². The van der Waals surface area contributed by atoms with Crippen LogP contribution in [0.25, 0.3) is 0 Å². The molecule has 1 aliphatic heterocycles. The minimum absolute atomic E-state index is 0.0133. The van der Waals surface area contributed by atoms with Crippen LogP contribution in [0.1, 0.15) is 80.4 Å². The molecule has 2 aromatic carbocycles. The van der Waals surface area contributed by atoms with Gasteiger partial charge >= 0.3 is 0 Å². The van der Waals surface area contributed by atoms with Crippen molar-refractivity contribution in [2.24, 2.45) is 13.0 Å². The van der Waals surface area contributed by atoms with Gasteiger partial charge < -0.3 is 20.9 Å². The third-order valence-corrected chi connectivity index (χ3v) is 10.1. The van der Waals surface area contributed by atoms with E-state index in [9.17, 15) is 19.2 Å². The number of rotatable bonds is 12. The standard InChI is InChI=1S/C38H51N7O4/c1-4-34(46)41-32(36(48)45-24-22-44(23-25-45)27-29-12-8-7-9-13-29)26-28-16-18-31(19-17-28)40-37(49)38(2,30-14-10-5-6-11-15-30)42-35(47)33-20-21-39-43(33)3/h7-9,12-13,16-21,30,32H,4-6,10-11,14-15,22-27H2,1-3H3,(H,40,49)(H,41,46)(H,42,47)/t32-,38-/m1/s1. The van der Waals surface area contributed by atoms with Crippen LogP contribution in [0, 0.1) is 5.92 Å². The Labute approximate surface area is 289 Å². The van der Waals surface area contributed by atoms with Crippen LogP contribution in [0.15, 0.2) is 66.9 Å². The molecule has 4 amide bonds. The molecule has 11 heteroatoms.